The number of rotatable bonds is 4. The fraction of sp³-hybridized carbons (Fsp3) is 0.375. The minimum absolute atomic E-state index is 0.110. The van der Waals surface area contributed by atoms with Crippen molar-refractivity contribution in [2.24, 2.45) is 5.10 Å². The predicted molar refractivity (Wildman–Crippen MR) is 91.6 cm³/mol. The van der Waals surface area contributed by atoms with Crippen LogP contribution in [0.3, 0.4) is 0 Å². The van der Waals surface area contributed by atoms with Gasteiger partial charge in [-0.2, -0.15) is 10.2 Å². The highest BCUT2D eigenvalue weighted by Crippen LogP contribution is 2.26. The molecule has 128 valence electrons. The first kappa shape index (κ1) is 16.6. The van der Waals surface area contributed by atoms with Gasteiger partial charge in [0, 0.05) is 11.3 Å². The third-order valence-electron chi connectivity index (χ3n) is 4.17. The number of hydrogen-bond donors (Lipinski definition) is 1. The van der Waals surface area contributed by atoms with Crippen LogP contribution in [0.25, 0.3) is 0 Å². The van der Waals surface area contributed by atoms with Crippen molar-refractivity contribution < 1.29 is 12.8 Å². The number of anilines is 1. The number of benzene rings is 1. The van der Waals surface area contributed by atoms with E-state index < -0.39 is 9.84 Å². The lowest BCUT2D eigenvalue weighted by Gasteiger charge is -2.10. The maximum atomic E-state index is 12.9. The minimum Gasteiger partial charge on any atom is -0.278 e. The van der Waals surface area contributed by atoms with Gasteiger partial charge in [0.05, 0.1) is 35.1 Å². The van der Waals surface area contributed by atoms with E-state index in [1.165, 1.54) is 12.1 Å². The molecule has 0 aliphatic carbocycles. The molecule has 3 rings (SSSR count). The van der Waals surface area contributed by atoms with E-state index in [1.807, 2.05) is 13.8 Å². The summed E-state index contributed by atoms with van der Waals surface area (Å²) in [6.45, 7) is 3.77. The molecule has 2 aromatic rings. The fourth-order valence-corrected chi connectivity index (χ4v) is 4.57. The molecule has 1 aliphatic rings. The van der Waals surface area contributed by atoms with Gasteiger partial charge in [-0.05, 0) is 44.5 Å². The van der Waals surface area contributed by atoms with Crippen LogP contribution in [0.1, 0.15) is 29.4 Å². The Balaban J connectivity index is 1.77. The molecule has 0 amide bonds. The Morgan fingerprint density at radius 3 is 2.67 bits per heavy atom. The Kier molecular flexibility index (Phi) is 4.40. The molecule has 0 saturated carbocycles. The van der Waals surface area contributed by atoms with Crippen molar-refractivity contribution in [3.05, 3.63) is 47.0 Å². The summed E-state index contributed by atoms with van der Waals surface area (Å²) >= 11 is 0. The standard InChI is InChI=1S/C16H19FN4O2S/c1-11-16(9-18-19-14-5-3-13(17)4-6-14)12(2)21(20-11)15-7-8-24(22,23)10-15/h3-6,9,15,19H,7-8,10H2,1-2H3/b18-9-/t15-/m1/s1. The number of halogens is 1. The molecule has 1 saturated heterocycles. The molecule has 1 N–H and O–H groups in total. The number of hydrazone groups is 1. The third kappa shape index (κ3) is 3.48. The molecular weight excluding hydrogens is 331 g/mol. The average molecular weight is 350 g/mol. The number of hydrogen-bond acceptors (Lipinski definition) is 5. The summed E-state index contributed by atoms with van der Waals surface area (Å²) in [5, 5.41) is 8.64. The van der Waals surface area contributed by atoms with Gasteiger partial charge in [-0.15, -0.1) is 0 Å². The Morgan fingerprint density at radius 1 is 1.33 bits per heavy atom. The van der Waals surface area contributed by atoms with Crippen molar-refractivity contribution in [3.63, 3.8) is 0 Å². The Morgan fingerprint density at radius 2 is 2.04 bits per heavy atom. The van der Waals surface area contributed by atoms with E-state index >= 15 is 0 Å². The zero-order chi connectivity index (χ0) is 17.3. The van der Waals surface area contributed by atoms with Crippen LogP contribution in [-0.4, -0.2) is 35.9 Å². The summed E-state index contributed by atoms with van der Waals surface area (Å²) in [6.07, 6.45) is 2.25. The summed E-state index contributed by atoms with van der Waals surface area (Å²) in [7, 11) is -2.96. The maximum Gasteiger partial charge on any atom is 0.152 e. The van der Waals surface area contributed by atoms with E-state index in [0.717, 1.165) is 17.0 Å². The molecule has 0 unspecified atom stereocenters. The monoisotopic (exact) mass is 350 g/mol. The van der Waals surface area contributed by atoms with Crippen LogP contribution in [0.4, 0.5) is 10.1 Å². The number of sulfone groups is 1. The van der Waals surface area contributed by atoms with Gasteiger partial charge >= 0.3 is 0 Å². The van der Waals surface area contributed by atoms with Gasteiger partial charge in [-0.25, -0.2) is 12.8 Å². The van der Waals surface area contributed by atoms with Crippen molar-refractivity contribution in [2.75, 3.05) is 16.9 Å². The van der Waals surface area contributed by atoms with Crippen LogP contribution in [0.5, 0.6) is 0 Å². The van der Waals surface area contributed by atoms with Crippen molar-refractivity contribution in [1.29, 1.82) is 0 Å². The highest BCUT2D eigenvalue weighted by atomic mass is 32.2. The Bertz CT molecular complexity index is 872. The van der Waals surface area contributed by atoms with Crippen LogP contribution >= 0.6 is 0 Å². The Labute approximate surface area is 140 Å². The van der Waals surface area contributed by atoms with Crippen LogP contribution in [0.15, 0.2) is 29.4 Å². The third-order valence-corrected chi connectivity index (χ3v) is 5.92. The second kappa shape index (κ2) is 6.35. The van der Waals surface area contributed by atoms with Gasteiger partial charge in [0.25, 0.3) is 0 Å². The smallest absolute Gasteiger partial charge is 0.152 e. The summed E-state index contributed by atoms with van der Waals surface area (Å²) in [5.74, 6) is 0.0503. The normalized spacial score (nSPS) is 19.9. The summed E-state index contributed by atoms with van der Waals surface area (Å²) in [4.78, 5) is 0. The van der Waals surface area contributed by atoms with Gasteiger partial charge in [0.1, 0.15) is 5.82 Å². The molecule has 8 heteroatoms. The summed E-state index contributed by atoms with van der Waals surface area (Å²) in [5.41, 5.74) is 6.05. The second-order valence-electron chi connectivity index (χ2n) is 5.96. The lowest BCUT2D eigenvalue weighted by molar-refractivity contribution is 0.486. The van der Waals surface area contributed by atoms with Crippen molar-refractivity contribution in [3.8, 4) is 0 Å². The SMILES string of the molecule is Cc1nn([C@@H]2CCS(=O)(=O)C2)c(C)c1/C=N\Nc1ccc(F)cc1. The van der Waals surface area contributed by atoms with Crippen LogP contribution < -0.4 is 5.43 Å². The molecular formula is C16H19FN4O2S. The van der Waals surface area contributed by atoms with E-state index in [1.54, 1.807) is 23.0 Å². The first-order valence-corrected chi connectivity index (χ1v) is 9.48. The molecule has 1 fully saturated rings. The van der Waals surface area contributed by atoms with Crippen molar-refractivity contribution in [2.45, 2.75) is 26.3 Å². The molecule has 24 heavy (non-hydrogen) atoms. The first-order chi connectivity index (χ1) is 11.4. The zero-order valence-corrected chi connectivity index (χ0v) is 14.3. The molecule has 6 nitrogen and oxygen atoms in total. The second-order valence-corrected chi connectivity index (χ2v) is 8.19. The zero-order valence-electron chi connectivity index (χ0n) is 13.5. The number of aryl methyl sites for hydroxylation is 1. The quantitative estimate of drug-likeness (QED) is 0.679. The van der Waals surface area contributed by atoms with E-state index in [-0.39, 0.29) is 23.4 Å². The summed E-state index contributed by atoms with van der Waals surface area (Å²) in [6, 6.07) is 5.79. The predicted octanol–water partition coefficient (Wildman–Crippen LogP) is 2.44. The first-order valence-electron chi connectivity index (χ1n) is 7.66. The average Bonchev–Trinajstić information content (AvgIpc) is 3.02. The minimum atomic E-state index is -2.96. The topological polar surface area (TPSA) is 76.3 Å². The maximum absolute atomic E-state index is 12.9. The molecule has 1 aromatic carbocycles. The van der Waals surface area contributed by atoms with E-state index in [0.29, 0.717) is 12.1 Å². The molecule has 0 spiro atoms. The molecule has 0 radical (unpaired) electrons. The summed E-state index contributed by atoms with van der Waals surface area (Å²) < 4.78 is 38.0. The number of aromatic nitrogens is 2. The lowest BCUT2D eigenvalue weighted by atomic mass is 10.2. The molecule has 1 atom stereocenters. The van der Waals surface area contributed by atoms with Crippen LogP contribution in [0, 0.1) is 19.7 Å². The fourth-order valence-electron chi connectivity index (χ4n) is 2.88. The lowest BCUT2D eigenvalue weighted by Crippen LogP contribution is -2.14. The van der Waals surface area contributed by atoms with Crippen LogP contribution in [0.2, 0.25) is 0 Å². The van der Waals surface area contributed by atoms with Gasteiger partial charge in [0.15, 0.2) is 9.84 Å². The van der Waals surface area contributed by atoms with E-state index in [4.69, 9.17) is 0 Å². The van der Waals surface area contributed by atoms with Gasteiger partial charge in [-0.1, -0.05) is 0 Å². The van der Waals surface area contributed by atoms with E-state index in [2.05, 4.69) is 15.6 Å². The molecule has 1 aromatic heterocycles. The van der Waals surface area contributed by atoms with E-state index in [9.17, 15) is 12.8 Å². The highest BCUT2D eigenvalue weighted by molar-refractivity contribution is 7.91. The van der Waals surface area contributed by atoms with Gasteiger partial charge in [0.2, 0.25) is 0 Å². The molecule has 0 bridgehead atoms. The van der Waals surface area contributed by atoms with Crippen molar-refractivity contribution in [1.82, 2.24) is 9.78 Å². The Hall–Kier alpha value is -2.22. The van der Waals surface area contributed by atoms with Gasteiger partial charge in [-0.3, -0.25) is 10.1 Å². The number of nitrogens with zero attached hydrogens (tertiary/aromatic N) is 3. The molecule has 1 aliphatic heterocycles. The van der Waals surface area contributed by atoms with Crippen molar-refractivity contribution >= 4 is 21.7 Å². The molecule has 2 heterocycles. The largest absolute Gasteiger partial charge is 0.278 e. The highest BCUT2D eigenvalue weighted by Gasteiger charge is 2.31. The van der Waals surface area contributed by atoms with Gasteiger partial charge < -0.3 is 0 Å². The van der Waals surface area contributed by atoms with Crippen LogP contribution in [-0.2, 0) is 9.84 Å². The number of nitrogens with one attached hydrogen (secondary N) is 1.